The van der Waals surface area contributed by atoms with Gasteiger partial charge in [-0.2, -0.15) is 0 Å². The second-order valence-corrected chi connectivity index (χ2v) is 5.06. The lowest BCUT2D eigenvalue weighted by molar-refractivity contribution is -0.133. The predicted molar refractivity (Wildman–Crippen MR) is 72.0 cm³/mol. The van der Waals surface area contributed by atoms with Gasteiger partial charge in [0.25, 0.3) is 0 Å². The number of piperidine rings is 1. The Bertz CT molecular complexity index is 230. The molecule has 1 aliphatic rings. The molecule has 0 spiro atoms. The predicted octanol–water partition coefficient (Wildman–Crippen LogP) is 2.41. The van der Waals surface area contributed by atoms with Crippen LogP contribution in [0.15, 0.2) is 0 Å². The van der Waals surface area contributed by atoms with E-state index in [4.69, 9.17) is 0 Å². The van der Waals surface area contributed by atoms with Crippen molar-refractivity contribution in [1.82, 2.24) is 10.2 Å². The third kappa shape index (κ3) is 4.30. The second-order valence-electron chi connectivity index (χ2n) is 5.06. The molecular formula is C14H28N2O. The highest BCUT2D eigenvalue weighted by Gasteiger charge is 2.29. The standard InChI is InChI=1S/C14H28N2O/c1-4-7-8-14(17)16-10-9-13(15-6-3)12(5-2)11-16/h12-13,15H,4-11H2,1-3H3. The lowest BCUT2D eigenvalue weighted by Crippen LogP contribution is -2.50. The van der Waals surface area contributed by atoms with Crippen LogP contribution >= 0.6 is 0 Å². The molecule has 3 nitrogen and oxygen atoms in total. The second kappa shape index (κ2) is 7.70. The summed E-state index contributed by atoms with van der Waals surface area (Å²) in [5.74, 6) is 0.995. The topological polar surface area (TPSA) is 32.3 Å². The molecule has 1 saturated heterocycles. The van der Waals surface area contributed by atoms with Gasteiger partial charge in [-0.3, -0.25) is 4.79 Å². The van der Waals surface area contributed by atoms with Gasteiger partial charge < -0.3 is 10.2 Å². The number of rotatable bonds is 6. The van der Waals surface area contributed by atoms with Crippen LogP contribution in [0.3, 0.4) is 0 Å². The van der Waals surface area contributed by atoms with Gasteiger partial charge in [0, 0.05) is 25.6 Å². The highest BCUT2D eigenvalue weighted by Crippen LogP contribution is 2.21. The van der Waals surface area contributed by atoms with E-state index in [9.17, 15) is 4.79 Å². The van der Waals surface area contributed by atoms with Crippen LogP contribution in [0.4, 0.5) is 0 Å². The normalized spacial score (nSPS) is 25.0. The van der Waals surface area contributed by atoms with Gasteiger partial charge in [0.05, 0.1) is 0 Å². The summed E-state index contributed by atoms with van der Waals surface area (Å²) in [4.78, 5) is 14.1. The Morgan fingerprint density at radius 1 is 1.35 bits per heavy atom. The van der Waals surface area contributed by atoms with Crippen molar-refractivity contribution in [3.63, 3.8) is 0 Å². The SMILES string of the molecule is CCCCC(=O)N1CCC(NCC)C(CC)C1. The first-order chi connectivity index (χ1) is 8.22. The molecule has 1 N–H and O–H groups in total. The van der Waals surface area contributed by atoms with Crippen LogP contribution in [0, 0.1) is 5.92 Å². The van der Waals surface area contributed by atoms with Crippen molar-refractivity contribution in [2.75, 3.05) is 19.6 Å². The third-order valence-electron chi connectivity index (χ3n) is 3.82. The van der Waals surface area contributed by atoms with Crippen molar-refractivity contribution >= 4 is 5.91 Å². The van der Waals surface area contributed by atoms with Gasteiger partial charge in [0.1, 0.15) is 0 Å². The lowest BCUT2D eigenvalue weighted by Gasteiger charge is -2.38. The fourth-order valence-electron chi connectivity index (χ4n) is 2.69. The fraction of sp³-hybridized carbons (Fsp3) is 0.929. The summed E-state index contributed by atoms with van der Waals surface area (Å²) in [6.07, 6.45) is 5.15. The van der Waals surface area contributed by atoms with Crippen LogP contribution in [0.25, 0.3) is 0 Å². The summed E-state index contributed by atoms with van der Waals surface area (Å²) in [7, 11) is 0. The number of carbonyl (C=O) groups excluding carboxylic acids is 1. The van der Waals surface area contributed by atoms with E-state index < -0.39 is 0 Å². The fourth-order valence-corrected chi connectivity index (χ4v) is 2.69. The summed E-state index contributed by atoms with van der Waals surface area (Å²) < 4.78 is 0. The van der Waals surface area contributed by atoms with Gasteiger partial charge in [-0.15, -0.1) is 0 Å². The lowest BCUT2D eigenvalue weighted by atomic mass is 9.89. The van der Waals surface area contributed by atoms with E-state index in [1.165, 1.54) is 0 Å². The van der Waals surface area contributed by atoms with Crippen molar-refractivity contribution < 1.29 is 4.79 Å². The molecule has 17 heavy (non-hydrogen) atoms. The molecule has 0 radical (unpaired) electrons. The first kappa shape index (κ1) is 14.5. The summed E-state index contributed by atoms with van der Waals surface area (Å²) in [5.41, 5.74) is 0. The number of hydrogen-bond donors (Lipinski definition) is 1. The minimum atomic E-state index is 0.361. The average molecular weight is 240 g/mol. The van der Waals surface area contributed by atoms with Gasteiger partial charge >= 0.3 is 0 Å². The summed E-state index contributed by atoms with van der Waals surface area (Å²) in [6, 6.07) is 0.611. The number of nitrogens with zero attached hydrogens (tertiary/aromatic N) is 1. The molecule has 1 rings (SSSR count). The van der Waals surface area contributed by atoms with E-state index in [-0.39, 0.29) is 0 Å². The van der Waals surface area contributed by atoms with Gasteiger partial charge in [0.2, 0.25) is 5.91 Å². The average Bonchev–Trinajstić information content (AvgIpc) is 2.36. The molecule has 1 amide bonds. The van der Waals surface area contributed by atoms with Crippen LogP contribution in [0.2, 0.25) is 0 Å². The zero-order valence-corrected chi connectivity index (χ0v) is 11.7. The molecule has 1 fully saturated rings. The first-order valence-electron chi connectivity index (χ1n) is 7.24. The minimum Gasteiger partial charge on any atom is -0.342 e. The molecule has 2 atom stereocenters. The Hall–Kier alpha value is -0.570. The highest BCUT2D eigenvalue weighted by atomic mass is 16.2. The number of carbonyl (C=O) groups is 1. The van der Waals surface area contributed by atoms with Gasteiger partial charge in [0.15, 0.2) is 0 Å². The zero-order chi connectivity index (χ0) is 12.7. The van der Waals surface area contributed by atoms with Crippen molar-refractivity contribution in [3.05, 3.63) is 0 Å². The maximum atomic E-state index is 12.0. The Balaban J connectivity index is 2.44. The van der Waals surface area contributed by atoms with Gasteiger partial charge in [-0.25, -0.2) is 0 Å². The molecule has 0 saturated carbocycles. The molecular weight excluding hydrogens is 212 g/mol. The van der Waals surface area contributed by atoms with Crippen LogP contribution < -0.4 is 5.32 Å². The molecule has 1 heterocycles. The van der Waals surface area contributed by atoms with Gasteiger partial charge in [-0.1, -0.05) is 33.6 Å². The molecule has 0 aliphatic carbocycles. The number of unbranched alkanes of at least 4 members (excludes halogenated alkanes) is 1. The van der Waals surface area contributed by atoms with Crippen molar-refractivity contribution in [3.8, 4) is 0 Å². The summed E-state index contributed by atoms with van der Waals surface area (Å²) >= 11 is 0. The number of nitrogens with one attached hydrogen (secondary N) is 1. The Labute approximate surface area is 106 Å². The van der Waals surface area contributed by atoms with Crippen molar-refractivity contribution in [2.45, 2.75) is 58.9 Å². The summed E-state index contributed by atoms with van der Waals surface area (Å²) in [5, 5.41) is 3.55. The molecule has 3 heteroatoms. The molecule has 1 aliphatic heterocycles. The summed E-state index contributed by atoms with van der Waals surface area (Å²) in [6.45, 7) is 9.46. The molecule has 0 aromatic carbocycles. The number of hydrogen-bond acceptors (Lipinski definition) is 2. The quantitative estimate of drug-likeness (QED) is 0.773. The minimum absolute atomic E-state index is 0.361. The monoisotopic (exact) mass is 240 g/mol. The van der Waals surface area contributed by atoms with E-state index in [0.29, 0.717) is 17.9 Å². The Morgan fingerprint density at radius 3 is 2.71 bits per heavy atom. The van der Waals surface area contributed by atoms with Crippen molar-refractivity contribution in [1.29, 1.82) is 0 Å². The molecule has 0 aromatic heterocycles. The van der Waals surface area contributed by atoms with E-state index in [2.05, 4.69) is 31.0 Å². The van der Waals surface area contributed by atoms with Crippen LogP contribution in [0.5, 0.6) is 0 Å². The van der Waals surface area contributed by atoms with Crippen LogP contribution in [-0.2, 0) is 4.79 Å². The molecule has 100 valence electrons. The Morgan fingerprint density at radius 2 is 2.12 bits per heavy atom. The van der Waals surface area contributed by atoms with Crippen molar-refractivity contribution in [2.24, 2.45) is 5.92 Å². The third-order valence-corrected chi connectivity index (χ3v) is 3.82. The van der Waals surface area contributed by atoms with E-state index in [0.717, 1.165) is 51.7 Å². The zero-order valence-electron chi connectivity index (χ0n) is 11.7. The van der Waals surface area contributed by atoms with E-state index in [1.807, 2.05) is 0 Å². The smallest absolute Gasteiger partial charge is 0.222 e. The van der Waals surface area contributed by atoms with Crippen LogP contribution in [0.1, 0.15) is 52.9 Å². The molecule has 0 bridgehead atoms. The highest BCUT2D eigenvalue weighted by molar-refractivity contribution is 5.76. The maximum absolute atomic E-state index is 12.0. The maximum Gasteiger partial charge on any atom is 0.222 e. The van der Waals surface area contributed by atoms with Crippen LogP contribution in [-0.4, -0.2) is 36.5 Å². The largest absolute Gasteiger partial charge is 0.342 e. The Kier molecular flexibility index (Phi) is 6.56. The molecule has 2 unspecified atom stereocenters. The first-order valence-corrected chi connectivity index (χ1v) is 7.24. The number of amides is 1. The van der Waals surface area contributed by atoms with E-state index >= 15 is 0 Å². The van der Waals surface area contributed by atoms with Gasteiger partial charge in [-0.05, 0) is 25.3 Å². The number of likely N-dealkylation sites (tertiary alicyclic amines) is 1. The molecule has 0 aromatic rings. The van der Waals surface area contributed by atoms with E-state index in [1.54, 1.807) is 0 Å².